The summed E-state index contributed by atoms with van der Waals surface area (Å²) in [5, 5.41) is 1.92. The molecule has 0 spiro atoms. The van der Waals surface area contributed by atoms with Crippen molar-refractivity contribution in [2.24, 2.45) is 0 Å². The van der Waals surface area contributed by atoms with Crippen molar-refractivity contribution in [3.8, 4) is 0 Å². The van der Waals surface area contributed by atoms with Crippen LogP contribution in [0.15, 0.2) is 48.8 Å². The standard InChI is InChI=1S/C20H17F4N5O2/c21-12-7-10-28(11-12)19(31)17-26-15(14-6-2-4-9-29(14)17)18(30)27-16(20(22,23)24)13-5-1-3-8-25-13/h1-6,8-9,12,16H,7,10-11H2,(H,27,30)/t12-,16?/m0/s1. The van der Waals surface area contributed by atoms with Crippen LogP contribution in [0, 0.1) is 0 Å². The molecule has 0 saturated carbocycles. The van der Waals surface area contributed by atoms with E-state index in [-0.39, 0.29) is 42.2 Å². The van der Waals surface area contributed by atoms with Gasteiger partial charge in [-0.3, -0.25) is 19.0 Å². The van der Waals surface area contributed by atoms with Crippen LogP contribution in [-0.4, -0.2) is 56.5 Å². The van der Waals surface area contributed by atoms with Gasteiger partial charge in [-0.15, -0.1) is 0 Å². The minimum absolute atomic E-state index is 0.0993. The number of likely N-dealkylation sites (tertiary alicyclic amines) is 1. The van der Waals surface area contributed by atoms with Gasteiger partial charge in [-0.05, 0) is 30.7 Å². The third-order valence-corrected chi connectivity index (χ3v) is 4.96. The van der Waals surface area contributed by atoms with Gasteiger partial charge >= 0.3 is 6.18 Å². The van der Waals surface area contributed by atoms with Crippen LogP contribution < -0.4 is 5.32 Å². The van der Waals surface area contributed by atoms with Crippen LogP contribution in [0.25, 0.3) is 5.52 Å². The molecule has 0 aliphatic carbocycles. The van der Waals surface area contributed by atoms with Gasteiger partial charge in [0, 0.05) is 18.9 Å². The average Bonchev–Trinajstić information content (AvgIpc) is 3.35. The van der Waals surface area contributed by atoms with Crippen molar-refractivity contribution in [3.63, 3.8) is 0 Å². The average molecular weight is 435 g/mol. The van der Waals surface area contributed by atoms with E-state index in [0.29, 0.717) is 0 Å². The zero-order valence-corrected chi connectivity index (χ0v) is 16.0. The molecule has 2 atom stereocenters. The predicted octanol–water partition coefficient (Wildman–Crippen LogP) is 2.95. The molecule has 1 N–H and O–H groups in total. The number of hydrogen-bond donors (Lipinski definition) is 1. The highest BCUT2D eigenvalue weighted by atomic mass is 19.4. The highest BCUT2D eigenvalue weighted by Gasteiger charge is 2.43. The molecule has 1 aliphatic heterocycles. The van der Waals surface area contributed by atoms with Crippen molar-refractivity contribution in [1.82, 2.24) is 24.6 Å². The Kier molecular flexibility index (Phi) is 5.34. The van der Waals surface area contributed by atoms with Crippen LogP contribution in [0.2, 0.25) is 0 Å². The van der Waals surface area contributed by atoms with Gasteiger partial charge in [-0.2, -0.15) is 13.2 Å². The summed E-state index contributed by atoms with van der Waals surface area (Å²) >= 11 is 0. The molecule has 4 heterocycles. The van der Waals surface area contributed by atoms with E-state index in [4.69, 9.17) is 0 Å². The van der Waals surface area contributed by atoms with Gasteiger partial charge in [0.2, 0.25) is 5.82 Å². The summed E-state index contributed by atoms with van der Waals surface area (Å²) in [6, 6.07) is 6.25. The van der Waals surface area contributed by atoms with Gasteiger partial charge in [-0.25, -0.2) is 9.37 Å². The van der Waals surface area contributed by atoms with E-state index < -0.39 is 30.2 Å². The van der Waals surface area contributed by atoms with Crippen LogP contribution in [-0.2, 0) is 0 Å². The van der Waals surface area contributed by atoms with Crippen LogP contribution >= 0.6 is 0 Å². The number of fused-ring (bicyclic) bond motifs is 1. The number of carbonyl (C=O) groups excluding carboxylic acids is 2. The lowest BCUT2D eigenvalue weighted by molar-refractivity contribution is -0.156. The molecular weight excluding hydrogens is 418 g/mol. The number of amides is 2. The Morgan fingerprint density at radius 3 is 2.58 bits per heavy atom. The number of nitrogens with one attached hydrogen (secondary N) is 1. The third-order valence-electron chi connectivity index (χ3n) is 4.96. The second-order valence-electron chi connectivity index (χ2n) is 7.08. The maximum atomic E-state index is 13.6. The lowest BCUT2D eigenvalue weighted by atomic mass is 10.1. The molecule has 1 unspecified atom stereocenters. The van der Waals surface area contributed by atoms with E-state index in [1.165, 1.54) is 39.9 Å². The number of pyridine rings is 2. The Morgan fingerprint density at radius 1 is 1.16 bits per heavy atom. The molecule has 11 heteroatoms. The fraction of sp³-hybridized carbons (Fsp3) is 0.300. The first-order chi connectivity index (χ1) is 14.8. The van der Waals surface area contributed by atoms with E-state index in [2.05, 4.69) is 9.97 Å². The fourth-order valence-corrected chi connectivity index (χ4v) is 3.47. The molecule has 2 amide bonds. The zero-order valence-electron chi connectivity index (χ0n) is 16.0. The number of hydrogen-bond acceptors (Lipinski definition) is 4. The van der Waals surface area contributed by atoms with E-state index >= 15 is 0 Å². The van der Waals surface area contributed by atoms with E-state index in [1.807, 2.05) is 5.32 Å². The largest absolute Gasteiger partial charge is 0.414 e. The topological polar surface area (TPSA) is 79.6 Å². The quantitative estimate of drug-likeness (QED) is 0.640. The Labute approximate surface area is 173 Å². The fourth-order valence-electron chi connectivity index (χ4n) is 3.47. The number of alkyl halides is 4. The van der Waals surface area contributed by atoms with E-state index in [1.54, 1.807) is 12.1 Å². The second-order valence-corrected chi connectivity index (χ2v) is 7.08. The summed E-state index contributed by atoms with van der Waals surface area (Å²) in [5.41, 5.74) is -0.569. The Hall–Kier alpha value is -3.50. The van der Waals surface area contributed by atoms with Crippen LogP contribution in [0.5, 0.6) is 0 Å². The van der Waals surface area contributed by atoms with Gasteiger partial charge < -0.3 is 10.2 Å². The summed E-state index contributed by atoms with van der Waals surface area (Å²) in [6.07, 6.45) is -3.10. The third kappa shape index (κ3) is 4.07. The minimum Gasteiger partial charge on any atom is -0.334 e. The second kappa shape index (κ2) is 7.97. The van der Waals surface area contributed by atoms with Crippen LogP contribution in [0.3, 0.4) is 0 Å². The SMILES string of the molecule is O=C(NC(c1ccccn1)C(F)(F)F)c1nc(C(=O)N2CC[C@H](F)C2)n2ccccc12. The van der Waals surface area contributed by atoms with Gasteiger partial charge in [0.1, 0.15) is 6.17 Å². The maximum Gasteiger partial charge on any atom is 0.414 e. The van der Waals surface area contributed by atoms with Crippen LogP contribution in [0.1, 0.15) is 39.3 Å². The molecule has 1 fully saturated rings. The molecule has 7 nitrogen and oxygen atoms in total. The van der Waals surface area contributed by atoms with Crippen molar-refractivity contribution in [2.45, 2.75) is 24.8 Å². The number of rotatable bonds is 4. The minimum atomic E-state index is -4.80. The molecule has 1 saturated heterocycles. The molecule has 3 aromatic heterocycles. The first kappa shape index (κ1) is 20.8. The first-order valence-corrected chi connectivity index (χ1v) is 9.44. The van der Waals surface area contributed by atoms with Crippen molar-refractivity contribution in [3.05, 3.63) is 66.0 Å². The predicted molar refractivity (Wildman–Crippen MR) is 101 cm³/mol. The van der Waals surface area contributed by atoms with Crippen molar-refractivity contribution in [1.29, 1.82) is 0 Å². The molecule has 0 radical (unpaired) electrons. The molecular formula is C20H17F4N5O2. The van der Waals surface area contributed by atoms with Gasteiger partial charge in [0.15, 0.2) is 11.7 Å². The first-order valence-electron chi connectivity index (χ1n) is 9.44. The number of aromatic nitrogens is 3. The summed E-state index contributed by atoms with van der Waals surface area (Å²) in [4.78, 5) is 34.6. The Balaban J connectivity index is 1.69. The Bertz CT molecular complexity index is 1120. The molecule has 0 bridgehead atoms. The molecule has 0 aromatic carbocycles. The number of halogens is 4. The molecule has 31 heavy (non-hydrogen) atoms. The Morgan fingerprint density at radius 2 is 1.94 bits per heavy atom. The lowest BCUT2D eigenvalue weighted by Gasteiger charge is -2.20. The van der Waals surface area contributed by atoms with E-state index in [0.717, 1.165) is 6.07 Å². The molecule has 162 valence electrons. The number of imidazole rings is 1. The maximum absolute atomic E-state index is 13.6. The summed E-state index contributed by atoms with van der Waals surface area (Å²) in [5.74, 6) is -1.88. The summed E-state index contributed by atoms with van der Waals surface area (Å²) in [7, 11) is 0. The van der Waals surface area contributed by atoms with Crippen molar-refractivity contribution >= 4 is 17.3 Å². The van der Waals surface area contributed by atoms with Crippen LogP contribution in [0.4, 0.5) is 17.6 Å². The molecule has 4 rings (SSSR count). The number of carbonyl (C=O) groups is 2. The van der Waals surface area contributed by atoms with Gasteiger partial charge in [0.05, 0.1) is 17.8 Å². The van der Waals surface area contributed by atoms with Crippen molar-refractivity contribution in [2.75, 3.05) is 13.1 Å². The number of nitrogens with zero attached hydrogens (tertiary/aromatic N) is 4. The lowest BCUT2D eigenvalue weighted by Crippen LogP contribution is -2.39. The summed E-state index contributed by atoms with van der Waals surface area (Å²) < 4.78 is 55.6. The summed E-state index contributed by atoms with van der Waals surface area (Å²) in [6.45, 7) is 0.0943. The highest BCUT2D eigenvalue weighted by molar-refractivity contribution is 6.02. The zero-order chi connectivity index (χ0) is 22.2. The molecule has 3 aromatic rings. The smallest absolute Gasteiger partial charge is 0.334 e. The molecule has 1 aliphatic rings. The van der Waals surface area contributed by atoms with Crippen molar-refractivity contribution < 1.29 is 27.2 Å². The monoisotopic (exact) mass is 435 g/mol. The normalized spacial score (nSPS) is 17.7. The van der Waals surface area contributed by atoms with Gasteiger partial charge in [0.25, 0.3) is 11.8 Å². The van der Waals surface area contributed by atoms with Gasteiger partial charge in [-0.1, -0.05) is 12.1 Å². The highest BCUT2D eigenvalue weighted by Crippen LogP contribution is 2.32. The van der Waals surface area contributed by atoms with E-state index in [9.17, 15) is 27.2 Å².